The number of nitrogens with zero attached hydrogens (tertiary/aromatic N) is 1. The molecule has 0 spiro atoms. The van der Waals surface area contributed by atoms with Crippen LogP contribution in [0.1, 0.15) is 57.8 Å². The molecule has 1 saturated carbocycles. The molecule has 21 heavy (non-hydrogen) atoms. The van der Waals surface area contributed by atoms with Crippen molar-refractivity contribution in [2.24, 2.45) is 5.41 Å². The minimum absolute atomic E-state index is 0.0488. The zero-order valence-corrected chi connectivity index (χ0v) is 13.1. The van der Waals surface area contributed by atoms with E-state index in [1.807, 2.05) is 0 Å². The Morgan fingerprint density at radius 2 is 1.76 bits per heavy atom. The minimum atomic E-state index is -0.774. The summed E-state index contributed by atoms with van der Waals surface area (Å²) in [5.41, 5.74) is -0.306. The first kappa shape index (κ1) is 16.3. The summed E-state index contributed by atoms with van der Waals surface area (Å²) < 4.78 is 0. The smallest absolute Gasteiger partial charge is 0.303 e. The lowest BCUT2D eigenvalue weighted by atomic mass is 9.69. The summed E-state index contributed by atoms with van der Waals surface area (Å²) >= 11 is 0. The van der Waals surface area contributed by atoms with E-state index in [0.717, 1.165) is 58.0 Å². The highest BCUT2D eigenvalue weighted by molar-refractivity contribution is 5.78. The minimum Gasteiger partial charge on any atom is -0.481 e. The molecule has 0 aromatic rings. The van der Waals surface area contributed by atoms with Gasteiger partial charge < -0.3 is 15.3 Å². The van der Waals surface area contributed by atoms with E-state index in [2.05, 4.69) is 17.3 Å². The standard InChI is InChI=1S/C16H28N2O3/c1-18-9-5-13(6-10-18)17-14(19)11-16(12-15(20)21)7-3-2-4-8-16/h13H,2-12H2,1H3,(H,17,19)(H,20,21). The van der Waals surface area contributed by atoms with E-state index in [1.165, 1.54) is 0 Å². The third-order valence-electron chi connectivity index (χ3n) is 5.06. The molecule has 0 aromatic carbocycles. The van der Waals surface area contributed by atoms with Gasteiger partial charge in [-0.25, -0.2) is 0 Å². The number of hydrogen-bond acceptors (Lipinski definition) is 3. The van der Waals surface area contributed by atoms with E-state index in [4.69, 9.17) is 5.11 Å². The molecule has 1 aliphatic heterocycles. The van der Waals surface area contributed by atoms with Crippen LogP contribution in [0.3, 0.4) is 0 Å². The Morgan fingerprint density at radius 3 is 2.33 bits per heavy atom. The van der Waals surface area contributed by atoms with Gasteiger partial charge in [-0.05, 0) is 51.2 Å². The van der Waals surface area contributed by atoms with Crippen molar-refractivity contribution >= 4 is 11.9 Å². The van der Waals surface area contributed by atoms with Crippen LogP contribution in [-0.2, 0) is 9.59 Å². The number of carboxylic acids is 1. The molecule has 5 heteroatoms. The summed E-state index contributed by atoms with van der Waals surface area (Å²) in [4.78, 5) is 25.7. The van der Waals surface area contributed by atoms with Crippen molar-refractivity contribution in [2.45, 2.75) is 63.8 Å². The summed E-state index contributed by atoms with van der Waals surface area (Å²) in [5, 5.41) is 12.3. The fourth-order valence-electron chi connectivity index (χ4n) is 3.81. The number of hydrogen-bond donors (Lipinski definition) is 2. The topological polar surface area (TPSA) is 69.6 Å². The number of piperidine rings is 1. The zero-order valence-electron chi connectivity index (χ0n) is 13.1. The van der Waals surface area contributed by atoms with Crippen LogP contribution in [-0.4, -0.2) is 48.1 Å². The van der Waals surface area contributed by atoms with Crippen LogP contribution < -0.4 is 5.32 Å². The van der Waals surface area contributed by atoms with Gasteiger partial charge in [-0.1, -0.05) is 19.3 Å². The van der Waals surface area contributed by atoms with Crippen LogP contribution in [0.4, 0.5) is 0 Å². The van der Waals surface area contributed by atoms with Crippen LogP contribution in [0.2, 0.25) is 0 Å². The van der Waals surface area contributed by atoms with Crippen LogP contribution in [0.15, 0.2) is 0 Å². The number of aliphatic carboxylic acids is 1. The molecule has 0 radical (unpaired) electrons. The summed E-state index contributed by atoms with van der Waals surface area (Å²) in [6.45, 7) is 2.04. The molecule has 0 unspecified atom stereocenters. The second-order valence-electron chi connectivity index (χ2n) is 6.95. The molecule has 5 nitrogen and oxygen atoms in total. The summed E-state index contributed by atoms with van der Waals surface area (Å²) in [5.74, 6) is -0.725. The van der Waals surface area contributed by atoms with Gasteiger partial charge in [-0.3, -0.25) is 9.59 Å². The number of carbonyl (C=O) groups is 2. The van der Waals surface area contributed by atoms with Crippen LogP contribution in [0, 0.1) is 5.41 Å². The van der Waals surface area contributed by atoms with E-state index in [0.29, 0.717) is 6.42 Å². The van der Waals surface area contributed by atoms with Crippen molar-refractivity contribution in [1.29, 1.82) is 0 Å². The first-order valence-electron chi connectivity index (χ1n) is 8.19. The molecule has 0 atom stereocenters. The average Bonchev–Trinajstić information content (AvgIpc) is 2.41. The quantitative estimate of drug-likeness (QED) is 0.814. The van der Waals surface area contributed by atoms with Crippen molar-refractivity contribution in [3.05, 3.63) is 0 Å². The second kappa shape index (κ2) is 7.25. The molecular weight excluding hydrogens is 268 g/mol. The molecule has 0 aromatic heterocycles. The van der Waals surface area contributed by atoms with Crippen LogP contribution >= 0.6 is 0 Å². The maximum absolute atomic E-state index is 12.3. The SMILES string of the molecule is CN1CCC(NC(=O)CC2(CC(=O)O)CCCCC2)CC1. The maximum atomic E-state index is 12.3. The molecule has 1 saturated heterocycles. The highest BCUT2D eigenvalue weighted by atomic mass is 16.4. The monoisotopic (exact) mass is 296 g/mol. The van der Waals surface area contributed by atoms with E-state index >= 15 is 0 Å². The Bertz CT molecular complexity index is 370. The largest absolute Gasteiger partial charge is 0.481 e. The third kappa shape index (κ3) is 4.99. The van der Waals surface area contributed by atoms with Gasteiger partial charge in [0.2, 0.25) is 5.91 Å². The van der Waals surface area contributed by atoms with Gasteiger partial charge in [0.25, 0.3) is 0 Å². The van der Waals surface area contributed by atoms with E-state index in [-0.39, 0.29) is 23.8 Å². The number of carboxylic acid groups (broad SMARTS) is 1. The van der Waals surface area contributed by atoms with E-state index in [1.54, 1.807) is 0 Å². The summed E-state index contributed by atoms with van der Waals surface area (Å²) in [6.07, 6.45) is 7.52. The number of nitrogens with one attached hydrogen (secondary N) is 1. The summed E-state index contributed by atoms with van der Waals surface area (Å²) in [7, 11) is 2.10. The summed E-state index contributed by atoms with van der Waals surface area (Å²) in [6, 6.07) is 0.263. The lowest BCUT2D eigenvalue weighted by molar-refractivity contribution is -0.141. The van der Waals surface area contributed by atoms with Crippen LogP contribution in [0.5, 0.6) is 0 Å². The van der Waals surface area contributed by atoms with Crippen molar-refractivity contribution in [3.63, 3.8) is 0 Å². The fraction of sp³-hybridized carbons (Fsp3) is 0.875. The Labute approximate surface area is 127 Å². The van der Waals surface area contributed by atoms with Crippen molar-refractivity contribution in [1.82, 2.24) is 10.2 Å². The van der Waals surface area contributed by atoms with Gasteiger partial charge in [-0.2, -0.15) is 0 Å². The third-order valence-corrected chi connectivity index (χ3v) is 5.06. The average molecular weight is 296 g/mol. The first-order valence-corrected chi connectivity index (χ1v) is 8.19. The van der Waals surface area contributed by atoms with E-state index in [9.17, 15) is 9.59 Å². The molecule has 120 valence electrons. The van der Waals surface area contributed by atoms with Gasteiger partial charge in [0.05, 0.1) is 6.42 Å². The Morgan fingerprint density at radius 1 is 1.14 bits per heavy atom. The lowest BCUT2D eigenvalue weighted by Gasteiger charge is -2.36. The molecular formula is C16H28N2O3. The number of likely N-dealkylation sites (tertiary alicyclic amines) is 1. The molecule has 1 aliphatic carbocycles. The zero-order chi connectivity index (χ0) is 15.3. The van der Waals surface area contributed by atoms with Gasteiger partial charge in [0.1, 0.15) is 0 Å². The Hall–Kier alpha value is -1.10. The molecule has 1 amide bonds. The molecule has 2 rings (SSSR count). The number of amides is 1. The van der Waals surface area contributed by atoms with Gasteiger partial charge in [-0.15, -0.1) is 0 Å². The predicted molar refractivity (Wildman–Crippen MR) is 81.0 cm³/mol. The Balaban J connectivity index is 1.87. The molecule has 2 aliphatic rings. The highest BCUT2D eigenvalue weighted by Crippen LogP contribution is 2.42. The van der Waals surface area contributed by atoms with Gasteiger partial charge in [0, 0.05) is 12.5 Å². The van der Waals surface area contributed by atoms with Crippen LogP contribution in [0.25, 0.3) is 0 Å². The highest BCUT2D eigenvalue weighted by Gasteiger charge is 2.36. The second-order valence-corrected chi connectivity index (χ2v) is 6.95. The molecule has 1 heterocycles. The predicted octanol–water partition coefficient (Wildman–Crippen LogP) is 2.01. The van der Waals surface area contributed by atoms with Crippen molar-refractivity contribution in [3.8, 4) is 0 Å². The Kier molecular flexibility index (Phi) is 5.62. The number of carbonyl (C=O) groups excluding carboxylic acids is 1. The first-order chi connectivity index (χ1) is 9.99. The maximum Gasteiger partial charge on any atom is 0.303 e. The normalized spacial score (nSPS) is 23.7. The molecule has 2 fully saturated rings. The molecule has 0 bridgehead atoms. The fourth-order valence-corrected chi connectivity index (χ4v) is 3.81. The van der Waals surface area contributed by atoms with Gasteiger partial charge >= 0.3 is 5.97 Å². The number of rotatable bonds is 5. The van der Waals surface area contributed by atoms with Crippen molar-refractivity contribution < 1.29 is 14.7 Å². The lowest BCUT2D eigenvalue weighted by Crippen LogP contribution is -2.45. The molecule has 2 N–H and O–H groups in total. The van der Waals surface area contributed by atoms with E-state index < -0.39 is 5.97 Å². The van der Waals surface area contributed by atoms with Crippen molar-refractivity contribution in [2.75, 3.05) is 20.1 Å². The van der Waals surface area contributed by atoms with Gasteiger partial charge in [0.15, 0.2) is 0 Å².